The highest BCUT2D eigenvalue weighted by atomic mass is 16.6. The van der Waals surface area contributed by atoms with E-state index in [0.717, 1.165) is 70.6 Å². The molecule has 1 unspecified atom stereocenters. The maximum absolute atomic E-state index is 12.8. The second-order valence-electron chi connectivity index (χ2n) is 23.4. The number of unbranched alkanes of at least 4 members (excludes halogenated alkanes) is 47. The van der Waals surface area contributed by atoms with Crippen molar-refractivity contribution in [1.29, 1.82) is 0 Å². The van der Waals surface area contributed by atoms with Gasteiger partial charge in [0, 0.05) is 19.3 Å². The highest BCUT2D eigenvalue weighted by Gasteiger charge is 2.19. The molecule has 0 aromatic rings. The minimum atomic E-state index is -0.767. The van der Waals surface area contributed by atoms with Crippen LogP contribution < -0.4 is 0 Å². The summed E-state index contributed by atoms with van der Waals surface area (Å²) in [5, 5.41) is 0. The molecule has 6 nitrogen and oxygen atoms in total. The SMILES string of the molecule is CCCCCCC/C=C\C/C=C\CCCCCCCCCCCCCCCC(=O)OC(COC(=O)CCCCCCC)COC(=O)CCCCCCCCCCCCCCCCCCC/C=C\CCCCCCCCCC. The molecule has 0 amide bonds. The lowest BCUT2D eigenvalue weighted by Crippen LogP contribution is -2.30. The van der Waals surface area contributed by atoms with E-state index in [1.54, 1.807) is 0 Å². The molecule has 0 aromatic carbocycles. The van der Waals surface area contributed by atoms with Gasteiger partial charge in [-0.2, -0.15) is 0 Å². The average Bonchev–Trinajstić information content (AvgIpc) is 3.43. The number of rotatable bonds is 64. The zero-order valence-electron chi connectivity index (χ0n) is 52.0. The van der Waals surface area contributed by atoms with E-state index in [-0.39, 0.29) is 31.1 Å². The fourth-order valence-corrected chi connectivity index (χ4v) is 10.4. The van der Waals surface area contributed by atoms with Crippen molar-refractivity contribution in [2.45, 2.75) is 386 Å². The van der Waals surface area contributed by atoms with E-state index in [1.165, 1.54) is 270 Å². The standard InChI is InChI=1S/C71H132O6/c1-4-7-10-13-15-17-19-21-23-25-27-29-31-33-34-35-36-38-39-41-43-45-47-49-51-53-55-58-61-64-70(73)76-67-68(66-75-69(72)63-60-57-12-9-6-3)77-71(74)65-62-59-56-54-52-50-48-46-44-42-40-37-32-30-28-26-24-22-20-18-16-14-11-8-5-2/h20,22,25-28,68H,4-19,21,23-24,29-67H2,1-3H3/b22-20-,27-25-,28-26-. The molecule has 0 aliphatic rings. The quantitative estimate of drug-likeness (QED) is 0.0261. The summed E-state index contributed by atoms with van der Waals surface area (Å²) in [6.45, 7) is 6.61. The number of ether oxygens (including phenoxy) is 3. The predicted molar refractivity (Wildman–Crippen MR) is 335 cm³/mol. The van der Waals surface area contributed by atoms with E-state index in [4.69, 9.17) is 14.2 Å². The molecule has 0 bridgehead atoms. The van der Waals surface area contributed by atoms with Gasteiger partial charge in [-0.3, -0.25) is 14.4 Å². The highest BCUT2D eigenvalue weighted by Crippen LogP contribution is 2.18. The van der Waals surface area contributed by atoms with E-state index >= 15 is 0 Å². The Morgan fingerprint density at radius 1 is 0.260 bits per heavy atom. The third-order valence-corrected chi connectivity index (χ3v) is 15.6. The molecule has 0 aliphatic heterocycles. The molecule has 0 N–H and O–H groups in total. The van der Waals surface area contributed by atoms with Gasteiger partial charge >= 0.3 is 17.9 Å². The largest absolute Gasteiger partial charge is 0.462 e. The number of esters is 3. The summed E-state index contributed by atoms with van der Waals surface area (Å²) in [4.78, 5) is 38.0. The number of hydrogen-bond acceptors (Lipinski definition) is 6. The summed E-state index contributed by atoms with van der Waals surface area (Å²) < 4.78 is 16.8. The Bertz CT molecular complexity index is 1290. The van der Waals surface area contributed by atoms with Crippen LogP contribution in [0.25, 0.3) is 0 Å². The van der Waals surface area contributed by atoms with Gasteiger partial charge in [-0.15, -0.1) is 0 Å². The smallest absolute Gasteiger partial charge is 0.306 e. The Morgan fingerprint density at radius 3 is 0.727 bits per heavy atom. The summed E-state index contributed by atoms with van der Waals surface area (Å²) >= 11 is 0. The molecule has 0 heterocycles. The summed E-state index contributed by atoms with van der Waals surface area (Å²) in [6, 6.07) is 0. The lowest BCUT2D eigenvalue weighted by atomic mass is 10.0. The Labute approximate surface area is 480 Å². The van der Waals surface area contributed by atoms with Crippen molar-refractivity contribution < 1.29 is 28.6 Å². The van der Waals surface area contributed by atoms with E-state index in [1.807, 2.05) is 0 Å². The first kappa shape index (κ1) is 74.6. The van der Waals surface area contributed by atoms with Crippen molar-refractivity contribution in [1.82, 2.24) is 0 Å². The first-order chi connectivity index (χ1) is 38.0. The Balaban J connectivity index is 3.94. The minimum Gasteiger partial charge on any atom is -0.462 e. The first-order valence-electron chi connectivity index (χ1n) is 34.5. The van der Waals surface area contributed by atoms with E-state index < -0.39 is 6.10 Å². The van der Waals surface area contributed by atoms with Gasteiger partial charge in [0.15, 0.2) is 6.10 Å². The Hall–Kier alpha value is -2.37. The summed E-state index contributed by atoms with van der Waals surface area (Å²) in [5.74, 6) is -0.860. The number of hydrogen-bond donors (Lipinski definition) is 0. The van der Waals surface area contributed by atoms with Crippen LogP contribution in [0.5, 0.6) is 0 Å². The second kappa shape index (κ2) is 66.1. The molecule has 1 atom stereocenters. The lowest BCUT2D eigenvalue weighted by Gasteiger charge is -2.18. The van der Waals surface area contributed by atoms with Gasteiger partial charge in [-0.25, -0.2) is 0 Å². The maximum Gasteiger partial charge on any atom is 0.306 e. The van der Waals surface area contributed by atoms with Crippen LogP contribution in [0.4, 0.5) is 0 Å². The van der Waals surface area contributed by atoms with Crippen molar-refractivity contribution in [3.05, 3.63) is 36.5 Å². The monoisotopic (exact) mass is 1080 g/mol. The van der Waals surface area contributed by atoms with Gasteiger partial charge in [-0.1, -0.05) is 320 Å². The van der Waals surface area contributed by atoms with Crippen molar-refractivity contribution in [3.8, 4) is 0 Å². The lowest BCUT2D eigenvalue weighted by molar-refractivity contribution is -0.167. The molecule has 0 aromatic heterocycles. The second-order valence-corrected chi connectivity index (χ2v) is 23.4. The topological polar surface area (TPSA) is 78.9 Å². The van der Waals surface area contributed by atoms with Gasteiger partial charge in [0.25, 0.3) is 0 Å². The van der Waals surface area contributed by atoms with Gasteiger partial charge in [0.2, 0.25) is 0 Å². The van der Waals surface area contributed by atoms with Crippen LogP contribution in [-0.2, 0) is 28.6 Å². The summed E-state index contributed by atoms with van der Waals surface area (Å²) in [6.07, 6.45) is 82.3. The molecule has 0 fully saturated rings. The Kier molecular flexibility index (Phi) is 64.1. The Morgan fingerprint density at radius 2 is 0.468 bits per heavy atom. The van der Waals surface area contributed by atoms with Crippen LogP contribution in [0.15, 0.2) is 36.5 Å². The third-order valence-electron chi connectivity index (χ3n) is 15.6. The van der Waals surface area contributed by atoms with Crippen LogP contribution in [-0.4, -0.2) is 37.2 Å². The molecule has 0 radical (unpaired) electrons. The molecule has 0 saturated heterocycles. The molecular weight excluding hydrogens is 949 g/mol. The van der Waals surface area contributed by atoms with Crippen molar-refractivity contribution in [2.24, 2.45) is 0 Å². The van der Waals surface area contributed by atoms with E-state index in [9.17, 15) is 14.4 Å². The van der Waals surface area contributed by atoms with Crippen molar-refractivity contribution >= 4 is 17.9 Å². The zero-order valence-corrected chi connectivity index (χ0v) is 52.0. The summed E-state index contributed by atoms with van der Waals surface area (Å²) in [5.41, 5.74) is 0. The molecule has 77 heavy (non-hydrogen) atoms. The number of allylic oxidation sites excluding steroid dienone is 6. The third kappa shape index (κ3) is 64.3. The molecular formula is C71H132O6. The average molecular weight is 1080 g/mol. The first-order valence-corrected chi connectivity index (χ1v) is 34.5. The molecule has 452 valence electrons. The van der Waals surface area contributed by atoms with Crippen LogP contribution >= 0.6 is 0 Å². The van der Waals surface area contributed by atoms with Crippen molar-refractivity contribution in [3.63, 3.8) is 0 Å². The van der Waals surface area contributed by atoms with E-state index in [0.29, 0.717) is 19.3 Å². The van der Waals surface area contributed by atoms with Crippen molar-refractivity contribution in [2.75, 3.05) is 13.2 Å². The van der Waals surface area contributed by atoms with Crippen LogP contribution in [0.1, 0.15) is 380 Å². The minimum absolute atomic E-state index is 0.0681. The van der Waals surface area contributed by atoms with Gasteiger partial charge < -0.3 is 14.2 Å². The zero-order chi connectivity index (χ0) is 55.7. The van der Waals surface area contributed by atoms with Gasteiger partial charge in [0.1, 0.15) is 13.2 Å². The van der Waals surface area contributed by atoms with Crippen LogP contribution in [0.3, 0.4) is 0 Å². The van der Waals surface area contributed by atoms with Crippen LogP contribution in [0, 0.1) is 0 Å². The molecule has 0 rings (SSSR count). The fourth-order valence-electron chi connectivity index (χ4n) is 10.4. The van der Waals surface area contributed by atoms with Gasteiger partial charge in [0.05, 0.1) is 0 Å². The van der Waals surface area contributed by atoms with Gasteiger partial charge in [-0.05, 0) is 77.0 Å². The molecule has 0 aliphatic carbocycles. The van der Waals surface area contributed by atoms with Crippen LogP contribution in [0.2, 0.25) is 0 Å². The maximum atomic E-state index is 12.8. The highest BCUT2D eigenvalue weighted by molar-refractivity contribution is 5.71. The number of carbonyl (C=O) groups is 3. The summed E-state index contributed by atoms with van der Waals surface area (Å²) in [7, 11) is 0. The predicted octanol–water partition coefficient (Wildman–Crippen LogP) is 23.6. The normalized spacial score (nSPS) is 12.2. The molecule has 6 heteroatoms. The number of carbonyl (C=O) groups excluding carboxylic acids is 3. The fraction of sp³-hybridized carbons (Fsp3) is 0.873. The van der Waals surface area contributed by atoms with E-state index in [2.05, 4.69) is 57.2 Å². The molecule has 0 spiro atoms. The molecule has 0 saturated carbocycles.